The molecule has 2 aromatic carbocycles. The number of esters is 1. The van der Waals surface area contributed by atoms with E-state index >= 15 is 0 Å². The molecule has 26 heavy (non-hydrogen) atoms. The molecule has 1 amide bonds. The lowest BCUT2D eigenvalue weighted by molar-refractivity contribution is -0.147. The van der Waals surface area contributed by atoms with Crippen LogP contribution in [-0.4, -0.2) is 16.8 Å². The summed E-state index contributed by atoms with van der Waals surface area (Å²) in [5.41, 5.74) is 1.95. The van der Waals surface area contributed by atoms with Crippen molar-refractivity contribution in [2.75, 3.05) is 0 Å². The van der Waals surface area contributed by atoms with Gasteiger partial charge in [0.05, 0.1) is 17.5 Å². The van der Waals surface area contributed by atoms with Gasteiger partial charge in [0.25, 0.3) is 0 Å². The summed E-state index contributed by atoms with van der Waals surface area (Å²) in [4.78, 5) is 25.8. The predicted octanol–water partition coefficient (Wildman–Crippen LogP) is 4.49. The highest BCUT2D eigenvalue weighted by Gasteiger charge is 2.28. The second-order valence-electron chi connectivity index (χ2n) is 5.95. The minimum Gasteiger partial charge on any atom is -0.461 e. The molecule has 0 radical (unpaired) electrons. The molecule has 0 aliphatic carbocycles. The number of fused-ring (bicyclic) bond motifs is 1. The van der Waals surface area contributed by atoms with Crippen LogP contribution in [0.1, 0.15) is 36.1 Å². The average Bonchev–Trinajstić information content (AvgIpc) is 2.61. The van der Waals surface area contributed by atoms with Gasteiger partial charge in [0.1, 0.15) is 12.4 Å². The van der Waals surface area contributed by atoms with Gasteiger partial charge in [-0.05, 0) is 29.3 Å². The van der Waals surface area contributed by atoms with E-state index in [1.165, 1.54) is 30.0 Å². The number of carbonyl (C=O) groups excluding carboxylic acids is 2. The first-order valence-electron chi connectivity index (χ1n) is 8.12. The van der Waals surface area contributed by atoms with Crippen molar-refractivity contribution in [3.8, 4) is 0 Å². The Morgan fingerprint density at radius 2 is 1.96 bits per heavy atom. The van der Waals surface area contributed by atoms with Crippen molar-refractivity contribution in [1.82, 2.24) is 4.90 Å². The SMILES string of the molecule is CC(=O)N1C=Cc2ccccc2[C@H]1CC(=O)OCc1c(F)cccc1Cl. The first-order valence-corrected chi connectivity index (χ1v) is 8.49. The average molecular weight is 374 g/mol. The highest BCUT2D eigenvalue weighted by molar-refractivity contribution is 6.31. The number of rotatable bonds is 4. The lowest BCUT2D eigenvalue weighted by atomic mass is 9.94. The fourth-order valence-electron chi connectivity index (χ4n) is 2.95. The molecule has 1 aliphatic rings. The largest absolute Gasteiger partial charge is 0.461 e. The molecule has 0 saturated carbocycles. The van der Waals surface area contributed by atoms with Crippen molar-refractivity contribution in [3.05, 3.63) is 76.2 Å². The zero-order chi connectivity index (χ0) is 18.7. The van der Waals surface area contributed by atoms with Gasteiger partial charge in [-0.2, -0.15) is 0 Å². The molecule has 0 saturated heterocycles. The molecule has 1 heterocycles. The number of ether oxygens (including phenoxy) is 1. The first kappa shape index (κ1) is 18.1. The number of nitrogens with zero attached hydrogens (tertiary/aromatic N) is 1. The highest BCUT2D eigenvalue weighted by Crippen LogP contribution is 2.33. The summed E-state index contributed by atoms with van der Waals surface area (Å²) < 4.78 is 19.0. The first-order chi connectivity index (χ1) is 12.5. The van der Waals surface area contributed by atoms with Gasteiger partial charge in [0.2, 0.25) is 5.91 Å². The molecule has 0 N–H and O–H groups in total. The summed E-state index contributed by atoms with van der Waals surface area (Å²) >= 11 is 5.94. The van der Waals surface area contributed by atoms with Gasteiger partial charge in [0.15, 0.2) is 0 Å². The van der Waals surface area contributed by atoms with Crippen molar-refractivity contribution in [3.63, 3.8) is 0 Å². The number of hydrogen-bond donors (Lipinski definition) is 0. The van der Waals surface area contributed by atoms with E-state index < -0.39 is 17.8 Å². The number of halogens is 2. The lowest BCUT2D eigenvalue weighted by Gasteiger charge is -2.32. The Kier molecular flexibility index (Phi) is 5.38. The summed E-state index contributed by atoms with van der Waals surface area (Å²) in [6.07, 6.45) is 3.46. The summed E-state index contributed by atoms with van der Waals surface area (Å²) in [5, 5.41) is 0.203. The molecule has 1 atom stereocenters. The van der Waals surface area contributed by atoms with Crippen molar-refractivity contribution >= 4 is 29.6 Å². The quantitative estimate of drug-likeness (QED) is 0.742. The van der Waals surface area contributed by atoms with Crippen LogP contribution in [0.2, 0.25) is 5.02 Å². The van der Waals surface area contributed by atoms with Crippen LogP contribution in [0.25, 0.3) is 6.08 Å². The highest BCUT2D eigenvalue weighted by atomic mass is 35.5. The molecule has 0 aromatic heterocycles. The summed E-state index contributed by atoms with van der Waals surface area (Å²) in [5.74, 6) is -1.24. The van der Waals surface area contributed by atoms with E-state index in [0.29, 0.717) is 0 Å². The summed E-state index contributed by atoms with van der Waals surface area (Å²) in [6, 6.07) is 11.4. The third kappa shape index (κ3) is 3.78. The standard InChI is InChI=1S/C20H17ClFNO3/c1-13(24)23-10-9-14-5-2-3-6-15(14)19(23)11-20(25)26-12-16-17(21)7-4-8-18(16)22/h2-10,19H,11-12H2,1H3/t19-/m1/s1. The maximum absolute atomic E-state index is 13.8. The number of carbonyl (C=O) groups is 2. The van der Waals surface area contributed by atoms with Gasteiger partial charge >= 0.3 is 5.97 Å². The Morgan fingerprint density at radius 3 is 2.69 bits per heavy atom. The van der Waals surface area contributed by atoms with Crippen LogP contribution in [-0.2, 0) is 20.9 Å². The number of amides is 1. The minimum absolute atomic E-state index is 0.0347. The maximum atomic E-state index is 13.8. The molecule has 134 valence electrons. The van der Waals surface area contributed by atoms with Crippen LogP contribution in [0.3, 0.4) is 0 Å². The molecule has 0 unspecified atom stereocenters. The number of hydrogen-bond acceptors (Lipinski definition) is 3. The van der Waals surface area contributed by atoms with Crippen LogP contribution in [0, 0.1) is 5.82 Å². The normalized spacial score (nSPS) is 15.5. The van der Waals surface area contributed by atoms with Crippen molar-refractivity contribution in [2.45, 2.75) is 26.0 Å². The smallest absolute Gasteiger partial charge is 0.308 e. The molecule has 2 aromatic rings. The predicted molar refractivity (Wildman–Crippen MR) is 96.6 cm³/mol. The Hall–Kier alpha value is -2.66. The van der Waals surface area contributed by atoms with Crippen molar-refractivity contribution < 1.29 is 18.7 Å². The van der Waals surface area contributed by atoms with E-state index in [0.717, 1.165) is 11.1 Å². The van der Waals surface area contributed by atoms with Gasteiger partial charge in [-0.15, -0.1) is 0 Å². The van der Waals surface area contributed by atoms with Gasteiger partial charge in [-0.1, -0.05) is 41.9 Å². The van der Waals surface area contributed by atoms with Gasteiger partial charge in [-0.25, -0.2) is 4.39 Å². The summed E-state index contributed by atoms with van der Waals surface area (Å²) in [7, 11) is 0. The Bertz CT molecular complexity index is 861. The van der Waals surface area contributed by atoms with Crippen LogP contribution in [0.5, 0.6) is 0 Å². The monoisotopic (exact) mass is 373 g/mol. The lowest BCUT2D eigenvalue weighted by Crippen LogP contribution is -2.32. The van der Waals surface area contributed by atoms with E-state index in [2.05, 4.69) is 0 Å². The van der Waals surface area contributed by atoms with E-state index in [4.69, 9.17) is 16.3 Å². The zero-order valence-corrected chi connectivity index (χ0v) is 14.9. The topological polar surface area (TPSA) is 46.6 Å². The van der Waals surface area contributed by atoms with Gasteiger partial charge < -0.3 is 9.64 Å². The zero-order valence-electron chi connectivity index (χ0n) is 14.1. The van der Waals surface area contributed by atoms with E-state index in [1.54, 1.807) is 6.20 Å². The maximum Gasteiger partial charge on any atom is 0.308 e. The molecule has 3 rings (SSSR count). The fraction of sp³-hybridized carbons (Fsp3) is 0.200. The molecule has 0 fully saturated rings. The van der Waals surface area contributed by atoms with Crippen molar-refractivity contribution in [2.24, 2.45) is 0 Å². The van der Waals surface area contributed by atoms with Gasteiger partial charge in [0, 0.05) is 18.7 Å². The molecular weight excluding hydrogens is 357 g/mol. The van der Waals surface area contributed by atoms with E-state index in [-0.39, 0.29) is 29.5 Å². The van der Waals surface area contributed by atoms with E-state index in [9.17, 15) is 14.0 Å². The Morgan fingerprint density at radius 1 is 1.19 bits per heavy atom. The second kappa shape index (κ2) is 7.70. The van der Waals surface area contributed by atoms with Crippen LogP contribution >= 0.6 is 11.6 Å². The van der Waals surface area contributed by atoms with Crippen molar-refractivity contribution in [1.29, 1.82) is 0 Å². The van der Waals surface area contributed by atoms with Crippen LogP contribution < -0.4 is 0 Å². The molecular formula is C20H17ClFNO3. The molecule has 4 nitrogen and oxygen atoms in total. The Labute approximate surface area is 155 Å². The third-order valence-corrected chi connectivity index (χ3v) is 4.62. The molecule has 6 heteroatoms. The molecule has 0 spiro atoms. The van der Waals surface area contributed by atoms with Gasteiger partial charge in [-0.3, -0.25) is 9.59 Å². The van der Waals surface area contributed by atoms with Crippen LogP contribution in [0.4, 0.5) is 4.39 Å². The minimum atomic E-state index is -0.536. The van der Waals surface area contributed by atoms with Crippen LogP contribution in [0.15, 0.2) is 48.7 Å². The fourth-order valence-corrected chi connectivity index (χ4v) is 3.17. The summed E-state index contributed by atoms with van der Waals surface area (Å²) in [6.45, 7) is 1.18. The Balaban J connectivity index is 1.74. The number of benzene rings is 2. The van der Waals surface area contributed by atoms with E-state index in [1.807, 2.05) is 30.3 Å². The third-order valence-electron chi connectivity index (χ3n) is 4.27. The second-order valence-corrected chi connectivity index (χ2v) is 6.36. The molecule has 1 aliphatic heterocycles. The molecule has 0 bridgehead atoms.